The Kier molecular flexibility index (Phi) is 17.0. The summed E-state index contributed by atoms with van der Waals surface area (Å²) in [6.45, 7) is 0. The fraction of sp³-hybridized carbons (Fsp3) is 0.857. The van der Waals surface area contributed by atoms with E-state index in [4.69, 9.17) is 30.4 Å². The monoisotopic (exact) mass is 446 g/mol. The maximum Gasteiger partial charge on any atom is 0.631 e. The summed E-state index contributed by atoms with van der Waals surface area (Å²) < 4.78 is 0. The fourth-order valence-corrected chi connectivity index (χ4v) is 4.05. The largest absolute Gasteiger partial charge is 0.631 e. The van der Waals surface area contributed by atoms with Crippen LogP contribution in [-0.4, -0.2) is 55.6 Å². The predicted molar refractivity (Wildman–Crippen MR) is 115 cm³/mol. The van der Waals surface area contributed by atoms with E-state index in [-0.39, 0.29) is 17.8 Å². The first kappa shape index (κ1) is 29.4. The topological polar surface area (TPSA) is 173 Å². The maximum absolute atomic E-state index is 10.4. The zero-order chi connectivity index (χ0) is 23.6. The lowest BCUT2D eigenvalue weighted by Gasteiger charge is -2.16. The lowest BCUT2D eigenvalue weighted by atomic mass is 9.90. The third-order valence-electron chi connectivity index (χ3n) is 5.86. The summed E-state index contributed by atoms with van der Waals surface area (Å²) in [5.74, 6) is -1.89. The number of carboxylic acids is 3. The van der Waals surface area contributed by atoms with Gasteiger partial charge >= 0.3 is 25.2 Å². The summed E-state index contributed by atoms with van der Waals surface area (Å²) >= 11 is 0. The van der Waals surface area contributed by atoms with Crippen molar-refractivity contribution in [3.63, 3.8) is 0 Å². The number of aliphatic carboxylic acids is 3. The van der Waals surface area contributed by atoms with Crippen LogP contribution >= 0.6 is 0 Å². The molecule has 0 aromatic heterocycles. The first-order chi connectivity index (χ1) is 14.6. The molecule has 6 N–H and O–H groups in total. The van der Waals surface area contributed by atoms with E-state index < -0.39 is 25.2 Å². The predicted octanol–water partition coefficient (Wildman–Crippen LogP) is 2.90. The van der Waals surface area contributed by atoms with Crippen LogP contribution in [0.15, 0.2) is 0 Å². The van der Waals surface area contributed by atoms with E-state index >= 15 is 0 Å². The van der Waals surface area contributed by atoms with E-state index in [0.717, 1.165) is 77.0 Å². The number of carbonyl (C=O) groups is 3. The van der Waals surface area contributed by atoms with Crippen molar-refractivity contribution in [3.8, 4) is 0 Å². The summed E-state index contributed by atoms with van der Waals surface area (Å²) in [7, 11) is -2.17. The van der Waals surface area contributed by atoms with Gasteiger partial charge in [-0.1, -0.05) is 57.8 Å². The molecule has 0 heterocycles. The van der Waals surface area contributed by atoms with Gasteiger partial charge in [-0.2, -0.15) is 0 Å². The normalized spacial score (nSPS) is 19.8. The molecule has 0 bridgehead atoms. The van der Waals surface area contributed by atoms with Gasteiger partial charge in [0.25, 0.3) is 0 Å². The van der Waals surface area contributed by atoms with Crippen LogP contribution in [0.2, 0.25) is 0 Å². The summed E-state index contributed by atoms with van der Waals surface area (Å²) in [6.07, 6.45) is 15.7. The highest BCUT2D eigenvalue weighted by molar-refractivity contribution is 6.30. The lowest BCUT2D eigenvalue weighted by Crippen LogP contribution is -2.16. The van der Waals surface area contributed by atoms with Gasteiger partial charge in [0, 0.05) is 0 Å². The summed E-state index contributed by atoms with van der Waals surface area (Å²) in [5, 5.41) is 47.1. The molecule has 3 fully saturated rings. The van der Waals surface area contributed by atoms with Crippen molar-refractivity contribution in [1.29, 1.82) is 0 Å². The zero-order valence-electron chi connectivity index (χ0n) is 18.3. The molecule has 0 radical (unpaired) electrons. The highest BCUT2D eigenvalue weighted by atomic mass is 16.5. The Labute approximate surface area is 184 Å². The molecule has 0 spiro atoms. The standard InChI is InChI=1S/3C7H12O2.BH3O3/c3*8-7(9)6-4-2-1-3-5-6;2-1(3)4/h3*6H,1-5H2,(H,8,9);2-4H. The van der Waals surface area contributed by atoms with E-state index in [0.29, 0.717) is 0 Å². The fourth-order valence-electron chi connectivity index (χ4n) is 4.05. The molecule has 0 saturated heterocycles. The summed E-state index contributed by atoms with van der Waals surface area (Å²) in [4.78, 5) is 31.1. The van der Waals surface area contributed by atoms with Gasteiger partial charge in [-0.3, -0.25) is 14.4 Å². The van der Waals surface area contributed by atoms with Gasteiger partial charge in [0.15, 0.2) is 0 Å². The molecule has 0 aliphatic heterocycles. The van der Waals surface area contributed by atoms with Crippen molar-refractivity contribution in [2.24, 2.45) is 17.8 Å². The Bertz CT molecular complexity index is 426. The quantitative estimate of drug-likeness (QED) is 0.356. The second kappa shape index (κ2) is 18.0. The van der Waals surface area contributed by atoms with Crippen LogP contribution in [0.1, 0.15) is 96.3 Å². The average Bonchev–Trinajstić information content (AvgIpc) is 2.76. The molecular weight excluding hydrogens is 407 g/mol. The molecule has 180 valence electrons. The van der Waals surface area contributed by atoms with E-state index in [2.05, 4.69) is 0 Å². The SMILES string of the molecule is O=C(O)C1CCCCC1.O=C(O)C1CCCCC1.O=C(O)C1CCCCC1.OB(O)O. The third-order valence-corrected chi connectivity index (χ3v) is 5.86. The highest BCUT2D eigenvalue weighted by Gasteiger charge is 2.20. The number of hydrogen-bond donors (Lipinski definition) is 6. The van der Waals surface area contributed by atoms with Crippen LogP contribution in [0.4, 0.5) is 0 Å². The Morgan fingerprint density at radius 3 is 0.710 bits per heavy atom. The molecule has 3 aliphatic carbocycles. The number of carboxylic acid groups (broad SMARTS) is 3. The van der Waals surface area contributed by atoms with Crippen molar-refractivity contribution >= 4 is 25.2 Å². The second-order valence-electron chi connectivity index (χ2n) is 8.37. The molecule has 0 aromatic rings. The van der Waals surface area contributed by atoms with Crippen molar-refractivity contribution in [2.45, 2.75) is 96.3 Å². The molecule has 0 amide bonds. The van der Waals surface area contributed by atoms with E-state index in [1.807, 2.05) is 0 Å². The molecule has 0 atom stereocenters. The molecule has 3 aliphatic rings. The maximum atomic E-state index is 10.4. The summed E-state index contributed by atoms with van der Waals surface area (Å²) in [5.41, 5.74) is 0. The van der Waals surface area contributed by atoms with E-state index in [1.165, 1.54) is 19.3 Å². The minimum Gasteiger partial charge on any atom is -0.481 e. The minimum atomic E-state index is -2.17. The van der Waals surface area contributed by atoms with Gasteiger partial charge in [0.2, 0.25) is 0 Å². The Morgan fingerprint density at radius 1 is 0.452 bits per heavy atom. The molecule has 0 aromatic carbocycles. The van der Waals surface area contributed by atoms with Gasteiger partial charge in [-0.25, -0.2) is 0 Å². The highest BCUT2D eigenvalue weighted by Crippen LogP contribution is 2.24. The smallest absolute Gasteiger partial charge is 0.481 e. The average molecular weight is 446 g/mol. The van der Waals surface area contributed by atoms with Gasteiger partial charge in [-0.05, 0) is 38.5 Å². The van der Waals surface area contributed by atoms with Crippen molar-refractivity contribution in [2.75, 3.05) is 0 Å². The second-order valence-corrected chi connectivity index (χ2v) is 8.37. The van der Waals surface area contributed by atoms with Gasteiger partial charge in [0.1, 0.15) is 0 Å². The van der Waals surface area contributed by atoms with Crippen LogP contribution in [0.3, 0.4) is 0 Å². The third kappa shape index (κ3) is 16.7. The zero-order valence-corrected chi connectivity index (χ0v) is 18.3. The van der Waals surface area contributed by atoms with Crippen LogP contribution in [0.5, 0.6) is 0 Å². The molecule has 3 saturated carbocycles. The summed E-state index contributed by atoms with van der Waals surface area (Å²) in [6, 6.07) is 0. The van der Waals surface area contributed by atoms with Crippen LogP contribution in [0, 0.1) is 17.8 Å². The first-order valence-corrected chi connectivity index (χ1v) is 11.4. The minimum absolute atomic E-state index is 0.0289. The van der Waals surface area contributed by atoms with Crippen LogP contribution in [-0.2, 0) is 14.4 Å². The Morgan fingerprint density at radius 2 is 0.613 bits per heavy atom. The molecular formula is C21H39BO9. The van der Waals surface area contributed by atoms with E-state index in [9.17, 15) is 14.4 Å². The molecule has 10 heteroatoms. The van der Waals surface area contributed by atoms with Crippen molar-refractivity contribution in [3.05, 3.63) is 0 Å². The number of rotatable bonds is 3. The van der Waals surface area contributed by atoms with Crippen molar-refractivity contribution in [1.82, 2.24) is 0 Å². The Hall–Kier alpha value is -1.65. The number of hydrogen-bond acceptors (Lipinski definition) is 6. The molecule has 3 rings (SSSR count). The van der Waals surface area contributed by atoms with Crippen LogP contribution in [0.25, 0.3) is 0 Å². The first-order valence-electron chi connectivity index (χ1n) is 11.4. The molecule has 0 unspecified atom stereocenters. The van der Waals surface area contributed by atoms with Gasteiger partial charge in [0.05, 0.1) is 17.8 Å². The Balaban J connectivity index is 0.000000402. The molecule has 9 nitrogen and oxygen atoms in total. The van der Waals surface area contributed by atoms with Gasteiger partial charge in [-0.15, -0.1) is 0 Å². The van der Waals surface area contributed by atoms with Gasteiger partial charge < -0.3 is 30.4 Å². The molecule has 31 heavy (non-hydrogen) atoms. The van der Waals surface area contributed by atoms with Crippen molar-refractivity contribution < 1.29 is 44.8 Å². The van der Waals surface area contributed by atoms with E-state index in [1.54, 1.807) is 0 Å². The van der Waals surface area contributed by atoms with Crippen LogP contribution < -0.4 is 0 Å². The lowest BCUT2D eigenvalue weighted by molar-refractivity contribution is -0.143.